The second-order valence-electron chi connectivity index (χ2n) is 5.04. The Kier molecular flexibility index (Phi) is 3.31. The van der Waals surface area contributed by atoms with Gasteiger partial charge in [0.25, 0.3) is 0 Å². The molecule has 0 unspecified atom stereocenters. The molecule has 1 aromatic carbocycles. The van der Waals surface area contributed by atoms with Crippen molar-refractivity contribution in [3.63, 3.8) is 0 Å². The lowest BCUT2D eigenvalue weighted by Gasteiger charge is -2.33. The van der Waals surface area contributed by atoms with Gasteiger partial charge >= 0.3 is 0 Å². The summed E-state index contributed by atoms with van der Waals surface area (Å²) < 4.78 is 0. The fourth-order valence-corrected chi connectivity index (χ4v) is 3.94. The summed E-state index contributed by atoms with van der Waals surface area (Å²) in [6.07, 6.45) is 0. The summed E-state index contributed by atoms with van der Waals surface area (Å²) in [5.41, 5.74) is 1.22. The molecule has 2 atom stereocenters. The molecule has 4 heteroatoms. The number of thioether (sulfide) groups is 1. The average molecular weight is 262 g/mol. The van der Waals surface area contributed by atoms with Crippen LogP contribution in [0.5, 0.6) is 0 Å². The normalized spacial score (nSPS) is 27.1. The summed E-state index contributed by atoms with van der Waals surface area (Å²) >= 11 is 1.81. The molecule has 18 heavy (non-hydrogen) atoms. The number of amides is 1. The van der Waals surface area contributed by atoms with Gasteiger partial charge in [-0.1, -0.05) is 18.2 Å². The summed E-state index contributed by atoms with van der Waals surface area (Å²) in [5, 5.41) is 3.38. The fraction of sp³-hybridized carbons (Fsp3) is 0.500. The Morgan fingerprint density at radius 1 is 1.44 bits per heavy atom. The van der Waals surface area contributed by atoms with Gasteiger partial charge in [-0.3, -0.25) is 4.79 Å². The summed E-state index contributed by atoms with van der Waals surface area (Å²) in [5.74, 6) is 1.27. The Hall–Kier alpha value is -1.00. The summed E-state index contributed by atoms with van der Waals surface area (Å²) in [6, 6.07) is 8.71. The average Bonchev–Trinajstić information content (AvgIpc) is 2.82. The first kappa shape index (κ1) is 12.1. The molecule has 0 aliphatic carbocycles. The zero-order valence-corrected chi connectivity index (χ0v) is 11.4. The van der Waals surface area contributed by atoms with Crippen LogP contribution in [0, 0.1) is 0 Å². The van der Waals surface area contributed by atoms with Gasteiger partial charge in [-0.05, 0) is 18.6 Å². The van der Waals surface area contributed by atoms with E-state index in [-0.39, 0.29) is 5.92 Å². The van der Waals surface area contributed by atoms with Crippen LogP contribution >= 0.6 is 11.8 Å². The molecule has 2 aliphatic rings. The van der Waals surface area contributed by atoms with Gasteiger partial charge in [0, 0.05) is 36.3 Å². The Labute approximate surface area is 112 Å². The minimum atomic E-state index is 0.0662. The van der Waals surface area contributed by atoms with E-state index >= 15 is 0 Å². The lowest BCUT2D eigenvalue weighted by Crippen LogP contribution is -2.52. The van der Waals surface area contributed by atoms with Crippen molar-refractivity contribution < 1.29 is 4.79 Å². The molecule has 1 N–H and O–H groups in total. The molecule has 0 radical (unpaired) electrons. The van der Waals surface area contributed by atoms with E-state index < -0.39 is 0 Å². The van der Waals surface area contributed by atoms with Crippen molar-refractivity contribution in [1.29, 1.82) is 0 Å². The second kappa shape index (κ2) is 4.94. The van der Waals surface area contributed by atoms with Crippen molar-refractivity contribution in [1.82, 2.24) is 10.2 Å². The predicted molar refractivity (Wildman–Crippen MR) is 74.0 cm³/mol. The van der Waals surface area contributed by atoms with Crippen LogP contribution in [0.25, 0.3) is 0 Å². The molecule has 3 nitrogen and oxygen atoms in total. The van der Waals surface area contributed by atoms with Crippen LogP contribution in [0.2, 0.25) is 0 Å². The number of rotatable bonds is 1. The van der Waals surface area contributed by atoms with Gasteiger partial charge in [-0.15, -0.1) is 11.8 Å². The van der Waals surface area contributed by atoms with E-state index in [4.69, 9.17) is 0 Å². The molecule has 3 rings (SSSR count). The zero-order valence-electron chi connectivity index (χ0n) is 10.6. The van der Waals surface area contributed by atoms with Crippen LogP contribution in [0.3, 0.4) is 0 Å². The third-order valence-corrected chi connectivity index (χ3v) is 4.86. The number of carbonyl (C=O) groups excluding carboxylic acids is 1. The van der Waals surface area contributed by atoms with E-state index in [9.17, 15) is 4.79 Å². The quantitative estimate of drug-likeness (QED) is 0.836. The third-order valence-electron chi connectivity index (χ3n) is 3.68. The first-order valence-electron chi connectivity index (χ1n) is 6.49. The highest BCUT2D eigenvalue weighted by molar-refractivity contribution is 7.99. The van der Waals surface area contributed by atoms with E-state index in [0.29, 0.717) is 11.9 Å². The van der Waals surface area contributed by atoms with E-state index in [1.807, 2.05) is 17.0 Å². The SMILES string of the molecule is C[C@H]1CN(C(=O)[C@H]2CSc3ccccc32)CCN1. The molecule has 2 heterocycles. The Balaban J connectivity index is 1.78. The molecule has 2 aliphatic heterocycles. The highest BCUT2D eigenvalue weighted by Gasteiger charge is 2.33. The minimum Gasteiger partial charge on any atom is -0.339 e. The molecule has 1 amide bonds. The number of fused-ring (bicyclic) bond motifs is 1. The maximum atomic E-state index is 12.6. The molecule has 1 aromatic rings. The molecule has 0 aromatic heterocycles. The Morgan fingerprint density at radius 3 is 3.11 bits per heavy atom. The standard InChI is InChI=1S/C14H18N2OS/c1-10-8-16(7-6-15-10)14(17)12-9-18-13-5-3-2-4-11(12)13/h2-5,10,12,15H,6-9H2,1H3/t10-,12-/m0/s1. The van der Waals surface area contributed by atoms with E-state index in [1.165, 1.54) is 10.5 Å². The second-order valence-corrected chi connectivity index (χ2v) is 6.10. The third kappa shape index (κ3) is 2.15. The molecule has 1 fully saturated rings. The van der Waals surface area contributed by atoms with Crippen molar-refractivity contribution in [2.45, 2.75) is 23.8 Å². The van der Waals surface area contributed by atoms with Gasteiger partial charge in [0.15, 0.2) is 0 Å². The fourth-order valence-electron chi connectivity index (χ4n) is 2.72. The van der Waals surface area contributed by atoms with Crippen LogP contribution < -0.4 is 5.32 Å². The molecule has 96 valence electrons. The van der Waals surface area contributed by atoms with Crippen LogP contribution in [-0.2, 0) is 4.79 Å². The van der Waals surface area contributed by atoms with Crippen molar-refractivity contribution in [3.05, 3.63) is 29.8 Å². The van der Waals surface area contributed by atoms with Gasteiger partial charge in [-0.25, -0.2) is 0 Å². The highest BCUT2D eigenvalue weighted by Crippen LogP contribution is 2.40. The summed E-state index contributed by atoms with van der Waals surface area (Å²) in [6.45, 7) is 4.72. The molecular weight excluding hydrogens is 244 g/mol. The van der Waals surface area contributed by atoms with Crippen molar-refractivity contribution in [2.24, 2.45) is 0 Å². The molecule has 0 saturated carbocycles. The highest BCUT2D eigenvalue weighted by atomic mass is 32.2. The van der Waals surface area contributed by atoms with Crippen LogP contribution in [0.1, 0.15) is 18.4 Å². The van der Waals surface area contributed by atoms with E-state index in [1.54, 1.807) is 11.8 Å². The maximum Gasteiger partial charge on any atom is 0.231 e. The Morgan fingerprint density at radius 2 is 2.28 bits per heavy atom. The smallest absolute Gasteiger partial charge is 0.231 e. The topological polar surface area (TPSA) is 32.3 Å². The monoisotopic (exact) mass is 262 g/mol. The lowest BCUT2D eigenvalue weighted by molar-refractivity contribution is -0.133. The molecule has 0 bridgehead atoms. The largest absolute Gasteiger partial charge is 0.339 e. The molecule has 1 saturated heterocycles. The van der Waals surface area contributed by atoms with E-state index in [2.05, 4.69) is 24.4 Å². The number of piperazine rings is 1. The first-order chi connectivity index (χ1) is 8.75. The van der Waals surface area contributed by atoms with Crippen LogP contribution in [0.4, 0.5) is 0 Å². The number of nitrogens with zero attached hydrogens (tertiary/aromatic N) is 1. The van der Waals surface area contributed by atoms with Crippen LogP contribution in [-0.4, -0.2) is 42.2 Å². The van der Waals surface area contributed by atoms with Gasteiger partial charge in [0.05, 0.1) is 5.92 Å². The van der Waals surface area contributed by atoms with Crippen LogP contribution in [0.15, 0.2) is 29.2 Å². The number of hydrogen-bond acceptors (Lipinski definition) is 3. The minimum absolute atomic E-state index is 0.0662. The van der Waals surface area contributed by atoms with Gasteiger partial charge < -0.3 is 10.2 Å². The van der Waals surface area contributed by atoms with Gasteiger partial charge in [0.1, 0.15) is 0 Å². The summed E-state index contributed by atoms with van der Waals surface area (Å²) in [4.78, 5) is 15.9. The zero-order chi connectivity index (χ0) is 12.5. The molecular formula is C14H18N2OS. The van der Waals surface area contributed by atoms with Crippen molar-refractivity contribution in [2.75, 3.05) is 25.4 Å². The number of hydrogen-bond donors (Lipinski definition) is 1. The number of carbonyl (C=O) groups is 1. The molecule has 0 spiro atoms. The first-order valence-corrected chi connectivity index (χ1v) is 7.48. The van der Waals surface area contributed by atoms with E-state index in [0.717, 1.165) is 25.4 Å². The summed E-state index contributed by atoms with van der Waals surface area (Å²) in [7, 11) is 0. The lowest BCUT2D eigenvalue weighted by atomic mass is 9.99. The number of nitrogens with one attached hydrogen (secondary N) is 1. The maximum absolute atomic E-state index is 12.6. The van der Waals surface area contributed by atoms with Crippen molar-refractivity contribution >= 4 is 17.7 Å². The number of benzene rings is 1. The Bertz CT molecular complexity index is 463. The van der Waals surface area contributed by atoms with Gasteiger partial charge in [0.2, 0.25) is 5.91 Å². The predicted octanol–water partition coefficient (Wildman–Crippen LogP) is 1.70. The van der Waals surface area contributed by atoms with Gasteiger partial charge in [-0.2, -0.15) is 0 Å². The van der Waals surface area contributed by atoms with Crippen molar-refractivity contribution in [3.8, 4) is 0 Å².